The molecule has 1 aliphatic heterocycles. The van der Waals surface area contributed by atoms with Crippen LogP contribution in [0, 0.1) is 0 Å². The minimum Gasteiger partial charge on any atom is -0.381 e. The van der Waals surface area contributed by atoms with E-state index in [0.29, 0.717) is 43.9 Å². The summed E-state index contributed by atoms with van der Waals surface area (Å²) in [4.78, 5) is 30.2. The Balaban J connectivity index is 1.83. The summed E-state index contributed by atoms with van der Waals surface area (Å²) in [6, 6.07) is 19.5. The van der Waals surface area contributed by atoms with Crippen LogP contribution in [0.25, 0.3) is 5.57 Å². The molecule has 0 aliphatic carbocycles. The van der Waals surface area contributed by atoms with Gasteiger partial charge < -0.3 is 9.64 Å². The van der Waals surface area contributed by atoms with Crippen molar-refractivity contribution in [2.45, 2.75) is 39.7 Å². The van der Waals surface area contributed by atoms with Gasteiger partial charge in [-0.15, -0.1) is 0 Å². The van der Waals surface area contributed by atoms with Crippen LogP contribution in [0.3, 0.4) is 0 Å². The van der Waals surface area contributed by atoms with Crippen molar-refractivity contribution in [2.75, 3.05) is 26.3 Å². The highest BCUT2D eigenvalue weighted by atomic mass is 16.5. The maximum atomic E-state index is 13.4. The van der Waals surface area contributed by atoms with E-state index in [1.807, 2.05) is 72.5 Å². The monoisotopic (exact) mass is 420 g/mol. The summed E-state index contributed by atoms with van der Waals surface area (Å²) < 4.78 is 5.62. The lowest BCUT2D eigenvalue weighted by atomic mass is 10.0. The van der Waals surface area contributed by atoms with Crippen molar-refractivity contribution in [3.8, 4) is 0 Å². The van der Waals surface area contributed by atoms with Crippen LogP contribution in [0.4, 0.5) is 0 Å². The number of hydrogen-bond donors (Lipinski definition) is 0. The molecule has 1 aliphatic rings. The summed E-state index contributed by atoms with van der Waals surface area (Å²) in [5.74, 6) is -0.429. The van der Waals surface area contributed by atoms with Crippen LogP contribution < -0.4 is 0 Å². The molecule has 2 amide bonds. The summed E-state index contributed by atoms with van der Waals surface area (Å²) in [5.41, 5.74) is 2.88. The first-order chi connectivity index (χ1) is 15.2. The summed E-state index contributed by atoms with van der Waals surface area (Å²) in [6.07, 6.45) is 2.75. The minimum atomic E-state index is -0.216. The molecule has 0 saturated carbocycles. The van der Waals surface area contributed by atoms with Crippen molar-refractivity contribution >= 4 is 17.4 Å². The Hall–Kier alpha value is -2.92. The van der Waals surface area contributed by atoms with Crippen molar-refractivity contribution in [3.63, 3.8) is 0 Å². The average Bonchev–Trinajstić information content (AvgIpc) is 3.05. The molecule has 2 aromatic rings. The van der Waals surface area contributed by atoms with Gasteiger partial charge >= 0.3 is 0 Å². The maximum absolute atomic E-state index is 13.4. The third-order valence-corrected chi connectivity index (χ3v) is 5.43. The molecule has 3 rings (SSSR count). The number of carbonyl (C=O) groups excluding carboxylic acids is 2. The van der Waals surface area contributed by atoms with Gasteiger partial charge in [-0.2, -0.15) is 0 Å². The first kappa shape index (κ1) is 22.8. The van der Waals surface area contributed by atoms with Crippen LogP contribution in [0.1, 0.15) is 44.2 Å². The topological polar surface area (TPSA) is 49.9 Å². The second-order valence-electron chi connectivity index (χ2n) is 7.67. The summed E-state index contributed by atoms with van der Waals surface area (Å²) in [6.45, 7) is 6.99. The molecule has 0 spiro atoms. The zero-order chi connectivity index (χ0) is 22.1. The van der Waals surface area contributed by atoms with Crippen molar-refractivity contribution in [1.29, 1.82) is 0 Å². The van der Waals surface area contributed by atoms with Gasteiger partial charge in [-0.25, -0.2) is 0 Å². The molecule has 2 aromatic carbocycles. The van der Waals surface area contributed by atoms with Crippen LogP contribution in [0.5, 0.6) is 0 Å². The largest absolute Gasteiger partial charge is 0.381 e. The molecule has 0 bridgehead atoms. The number of rotatable bonds is 12. The van der Waals surface area contributed by atoms with Gasteiger partial charge in [0.05, 0.1) is 5.57 Å². The number of amides is 2. The van der Waals surface area contributed by atoms with E-state index in [0.717, 1.165) is 30.6 Å². The molecular weight excluding hydrogens is 388 g/mol. The Labute approximate surface area is 185 Å². The van der Waals surface area contributed by atoms with Crippen LogP contribution in [-0.2, 0) is 20.9 Å². The second-order valence-corrected chi connectivity index (χ2v) is 7.67. The van der Waals surface area contributed by atoms with Crippen LogP contribution >= 0.6 is 0 Å². The molecule has 0 radical (unpaired) electrons. The van der Waals surface area contributed by atoms with Gasteiger partial charge in [0.25, 0.3) is 11.8 Å². The smallest absolute Gasteiger partial charge is 0.277 e. The van der Waals surface area contributed by atoms with Gasteiger partial charge in [0.2, 0.25) is 0 Å². The summed E-state index contributed by atoms with van der Waals surface area (Å²) in [5, 5.41) is 0. The Morgan fingerprint density at radius 1 is 0.839 bits per heavy atom. The number of ether oxygens (including phenoxy) is 1. The van der Waals surface area contributed by atoms with E-state index >= 15 is 0 Å². The number of unbranched alkanes of at least 4 members (excludes halogenated alkanes) is 1. The molecule has 31 heavy (non-hydrogen) atoms. The third kappa shape index (κ3) is 5.61. The molecule has 0 atom stereocenters. The lowest BCUT2D eigenvalue weighted by molar-refractivity contribution is -0.137. The molecular formula is C26H32N2O3. The number of carbonyl (C=O) groups is 2. The van der Waals surface area contributed by atoms with Crippen LogP contribution in [0.15, 0.2) is 66.4 Å². The Morgan fingerprint density at radius 3 is 2.13 bits per heavy atom. The fourth-order valence-corrected chi connectivity index (χ4v) is 3.75. The van der Waals surface area contributed by atoms with Gasteiger partial charge in [0, 0.05) is 32.8 Å². The maximum Gasteiger partial charge on any atom is 0.277 e. The van der Waals surface area contributed by atoms with Crippen molar-refractivity contribution < 1.29 is 14.3 Å². The Kier molecular flexibility index (Phi) is 8.42. The van der Waals surface area contributed by atoms with Gasteiger partial charge in [-0.05, 0) is 30.9 Å². The minimum absolute atomic E-state index is 0.213. The molecule has 0 N–H and O–H groups in total. The van der Waals surface area contributed by atoms with Gasteiger partial charge in [0.1, 0.15) is 5.70 Å². The standard InChI is InChI=1S/C26H32N2O3/c1-3-5-18-31-19-12-17-28-25(29)23(22-15-10-7-11-16-22)24(26(28)30)27(4-2)20-21-13-8-6-9-14-21/h6-11,13-16H,3-5,12,17-20H2,1-2H3. The average molecular weight is 421 g/mol. The van der Waals surface area contributed by atoms with E-state index < -0.39 is 0 Å². The van der Waals surface area contributed by atoms with Crippen LogP contribution in [-0.4, -0.2) is 47.9 Å². The van der Waals surface area contributed by atoms with E-state index in [4.69, 9.17) is 4.74 Å². The molecule has 0 aromatic heterocycles. The predicted octanol–water partition coefficient (Wildman–Crippen LogP) is 4.50. The number of imide groups is 1. The van der Waals surface area contributed by atoms with E-state index in [1.54, 1.807) is 0 Å². The zero-order valence-electron chi connectivity index (χ0n) is 18.5. The predicted molar refractivity (Wildman–Crippen MR) is 123 cm³/mol. The van der Waals surface area contributed by atoms with E-state index in [9.17, 15) is 9.59 Å². The lowest BCUT2D eigenvalue weighted by Gasteiger charge is -2.25. The fourth-order valence-electron chi connectivity index (χ4n) is 3.75. The first-order valence-electron chi connectivity index (χ1n) is 11.2. The van der Waals surface area contributed by atoms with Crippen LogP contribution in [0.2, 0.25) is 0 Å². The molecule has 0 fully saturated rings. The highest BCUT2D eigenvalue weighted by Crippen LogP contribution is 2.32. The Morgan fingerprint density at radius 2 is 1.48 bits per heavy atom. The molecule has 0 saturated heterocycles. The van der Waals surface area contributed by atoms with Crippen molar-refractivity contribution in [1.82, 2.24) is 9.80 Å². The number of hydrogen-bond acceptors (Lipinski definition) is 4. The Bertz CT molecular complexity index is 893. The number of benzene rings is 2. The second kappa shape index (κ2) is 11.5. The highest BCUT2D eigenvalue weighted by molar-refractivity contribution is 6.35. The quantitative estimate of drug-likeness (QED) is 0.375. The van der Waals surface area contributed by atoms with Gasteiger partial charge in [0.15, 0.2) is 0 Å². The van der Waals surface area contributed by atoms with E-state index in [-0.39, 0.29) is 11.8 Å². The molecule has 164 valence electrons. The molecule has 5 nitrogen and oxygen atoms in total. The van der Waals surface area contributed by atoms with E-state index in [2.05, 4.69) is 6.92 Å². The van der Waals surface area contributed by atoms with Gasteiger partial charge in [-0.1, -0.05) is 74.0 Å². The van der Waals surface area contributed by atoms with Gasteiger partial charge in [-0.3, -0.25) is 14.5 Å². The normalized spacial score (nSPS) is 13.9. The third-order valence-electron chi connectivity index (χ3n) is 5.43. The van der Waals surface area contributed by atoms with E-state index in [1.165, 1.54) is 4.90 Å². The molecule has 1 heterocycles. The number of likely N-dealkylation sites (N-methyl/N-ethyl adjacent to an activating group) is 1. The zero-order valence-corrected chi connectivity index (χ0v) is 18.5. The lowest BCUT2D eigenvalue weighted by Crippen LogP contribution is -2.36. The van der Waals surface area contributed by atoms with Crippen molar-refractivity contribution in [2.24, 2.45) is 0 Å². The molecule has 5 heteroatoms. The van der Waals surface area contributed by atoms with Crippen molar-refractivity contribution in [3.05, 3.63) is 77.5 Å². The summed E-state index contributed by atoms with van der Waals surface area (Å²) >= 11 is 0. The summed E-state index contributed by atoms with van der Waals surface area (Å²) in [7, 11) is 0. The number of nitrogens with zero attached hydrogens (tertiary/aromatic N) is 2. The fraction of sp³-hybridized carbons (Fsp3) is 0.385. The SMILES string of the molecule is CCCCOCCCN1C(=O)C(c2ccccc2)=C(N(CC)Cc2ccccc2)C1=O. The highest BCUT2D eigenvalue weighted by Gasteiger charge is 2.40. The molecule has 0 unspecified atom stereocenters. The first-order valence-corrected chi connectivity index (χ1v) is 11.2.